The van der Waals surface area contributed by atoms with Crippen molar-refractivity contribution in [2.45, 2.75) is 51.2 Å². The molecule has 0 bridgehead atoms. The van der Waals surface area contributed by atoms with Crippen molar-refractivity contribution in [2.75, 3.05) is 0 Å². The second kappa shape index (κ2) is 6.59. The summed E-state index contributed by atoms with van der Waals surface area (Å²) in [6.07, 6.45) is 4.38. The van der Waals surface area contributed by atoms with E-state index >= 15 is 0 Å². The molecule has 2 rings (SSSR count). The number of hydrogen-bond donors (Lipinski definition) is 0. The fourth-order valence-corrected chi connectivity index (χ4v) is 2.52. The Morgan fingerprint density at radius 2 is 2.19 bits per heavy atom. The number of nitrogens with zero attached hydrogens (tertiary/aromatic N) is 3. The highest BCUT2D eigenvalue weighted by molar-refractivity contribution is 7.91. The summed E-state index contributed by atoms with van der Waals surface area (Å²) in [5.41, 5.74) is 1.80. The Morgan fingerprint density at radius 3 is 2.76 bits per heavy atom. The van der Waals surface area contributed by atoms with E-state index in [0.717, 1.165) is 24.5 Å². The molecule has 1 heterocycles. The van der Waals surface area contributed by atoms with Gasteiger partial charge in [0.25, 0.3) is 0 Å². The summed E-state index contributed by atoms with van der Waals surface area (Å²) in [5, 5.41) is 8.97. The second-order valence-corrected chi connectivity index (χ2v) is 8.31. The molecule has 1 unspecified atom stereocenters. The van der Waals surface area contributed by atoms with Gasteiger partial charge in [-0.05, 0) is 51.7 Å². The first-order valence-electron chi connectivity index (χ1n) is 7.27. The van der Waals surface area contributed by atoms with Gasteiger partial charge in [0.05, 0.1) is 5.69 Å². The molecule has 1 atom stereocenters. The molecule has 0 spiro atoms. The Hall–Kier alpha value is -1.38. The zero-order valence-electron chi connectivity index (χ0n) is 12.8. The van der Waals surface area contributed by atoms with Crippen molar-refractivity contribution in [3.05, 3.63) is 29.6 Å². The van der Waals surface area contributed by atoms with E-state index in [-0.39, 0.29) is 0 Å². The summed E-state index contributed by atoms with van der Waals surface area (Å²) in [4.78, 5) is 4.30. The summed E-state index contributed by atoms with van der Waals surface area (Å²) in [7, 11) is 0. The molecule has 1 fully saturated rings. The molecule has 21 heavy (non-hydrogen) atoms. The topological polar surface area (TPSA) is 72.1 Å². The smallest absolute Gasteiger partial charge is 0.144 e. The summed E-state index contributed by atoms with van der Waals surface area (Å²) in [6, 6.07) is 7.35. The molecule has 0 aliphatic heterocycles. The van der Waals surface area contributed by atoms with Crippen LogP contribution in [0.2, 0.25) is 0 Å². The third kappa shape index (κ3) is 4.83. The fourth-order valence-electron chi connectivity index (χ4n) is 1.86. The van der Waals surface area contributed by atoms with E-state index in [1.807, 2.05) is 32.9 Å². The van der Waals surface area contributed by atoms with Gasteiger partial charge in [0.1, 0.15) is 33.6 Å². The summed E-state index contributed by atoms with van der Waals surface area (Å²) in [5.74, 6) is 0.775. The minimum Gasteiger partial charge on any atom is -0.591 e. The first-order chi connectivity index (χ1) is 9.90. The van der Waals surface area contributed by atoms with Crippen LogP contribution in [0, 0.1) is 17.2 Å². The number of nitriles is 1. The maximum absolute atomic E-state index is 12.3. The van der Waals surface area contributed by atoms with Gasteiger partial charge < -0.3 is 4.55 Å². The fraction of sp³-hybridized carbons (Fsp3) is 0.562. The molecular formula is C16H21N3OS. The molecule has 0 radical (unpaired) electrons. The maximum Gasteiger partial charge on any atom is 0.144 e. The van der Waals surface area contributed by atoms with Gasteiger partial charge in [-0.25, -0.2) is 4.98 Å². The summed E-state index contributed by atoms with van der Waals surface area (Å²) in [6.45, 7) is 5.72. The first-order valence-corrected chi connectivity index (χ1v) is 8.38. The van der Waals surface area contributed by atoms with Crippen LogP contribution in [0.15, 0.2) is 22.6 Å². The van der Waals surface area contributed by atoms with Crippen molar-refractivity contribution in [1.29, 1.82) is 5.26 Å². The molecule has 1 aromatic heterocycles. The molecule has 1 aliphatic rings. The normalized spacial score (nSPS) is 17.4. The monoisotopic (exact) mass is 303 g/mol. The molecule has 5 heteroatoms. The highest BCUT2D eigenvalue weighted by Gasteiger charge is 2.28. The molecule has 0 aromatic carbocycles. The number of hydrogen-bond acceptors (Lipinski definition) is 4. The van der Waals surface area contributed by atoms with Crippen LogP contribution in [0.25, 0.3) is 0 Å². The molecular weight excluding hydrogens is 282 g/mol. The van der Waals surface area contributed by atoms with Crippen molar-refractivity contribution in [3.63, 3.8) is 0 Å². The zero-order valence-corrected chi connectivity index (χ0v) is 13.6. The van der Waals surface area contributed by atoms with E-state index in [1.165, 1.54) is 12.8 Å². The van der Waals surface area contributed by atoms with Crippen LogP contribution in [0.4, 0.5) is 0 Å². The van der Waals surface area contributed by atoms with Crippen LogP contribution in [0.1, 0.15) is 57.8 Å². The Kier molecular flexibility index (Phi) is 5.02. The Labute approximate surface area is 129 Å². The first kappa shape index (κ1) is 16.0. The summed E-state index contributed by atoms with van der Waals surface area (Å²) >= 11 is -1.31. The molecule has 4 nitrogen and oxygen atoms in total. The van der Waals surface area contributed by atoms with E-state index in [1.54, 1.807) is 12.1 Å². The van der Waals surface area contributed by atoms with Crippen LogP contribution in [-0.4, -0.2) is 20.0 Å². The molecule has 0 amide bonds. The van der Waals surface area contributed by atoms with Gasteiger partial charge >= 0.3 is 0 Å². The van der Waals surface area contributed by atoms with E-state index in [0.29, 0.717) is 11.4 Å². The number of pyridine rings is 1. The van der Waals surface area contributed by atoms with E-state index in [9.17, 15) is 4.55 Å². The minimum atomic E-state index is -1.31. The Balaban J connectivity index is 2.25. The molecule has 1 aromatic rings. The number of aromatic nitrogens is 1. The van der Waals surface area contributed by atoms with Gasteiger partial charge in [-0.15, -0.1) is 0 Å². The molecule has 0 N–H and O–H groups in total. The number of rotatable bonds is 5. The van der Waals surface area contributed by atoms with Crippen molar-refractivity contribution in [3.8, 4) is 6.07 Å². The van der Waals surface area contributed by atoms with Crippen LogP contribution in [0.3, 0.4) is 0 Å². The van der Waals surface area contributed by atoms with Gasteiger partial charge in [-0.2, -0.15) is 5.26 Å². The average Bonchev–Trinajstić information content (AvgIpc) is 3.26. The van der Waals surface area contributed by atoms with Crippen LogP contribution < -0.4 is 0 Å². The van der Waals surface area contributed by atoms with Gasteiger partial charge in [0.15, 0.2) is 0 Å². The summed E-state index contributed by atoms with van der Waals surface area (Å²) < 4.78 is 16.3. The van der Waals surface area contributed by atoms with Crippen molar-refractivity contribution in [2.24, 2.45) is 10.3 Å². The largest absolute Gasteiger partial charge is 0.591 e. The zero-order chi connectivity index (χ0) is 15.5. The van der Waals surface area contributed by atoms with Crippen LogP contribution >= 0.6 is 0 Å². The predicted molar refractivity (Wildman–Crippen MR) is 85.3 cm³/mol. The van der Waals surface area contributed by atoms with Crippen molar-refractivity contribution < 1.29 is 4.55 Å². The minimum absolute atomic E-state index is 0.369. The molecule has 0 saturated heterocycles. The quantitative estimate of drug-likeness (QED) is 0.618. The molecule has 1 aliphatic carbocycles. The standard InChI is InChI=1S/C16H21N3OS/c1-16(2,3)21(20)19-15(10-9-12-7-8-12)14-6-4-5-13(11-17)18-14/h4-6,12H,7-10H2,1-3H3/b19-15-. The predicted octanol–water partition coefficient (Wildman–Crippen LogP) is 3.39. The van der Waals surface area contributed by atoms with Gasteiger partial charge in [-0.3, -0.25) is 0 Å². The maximum atomic E-state index is 12.3. The molecule has 112 valence electrons. The van der Waals surface area contributed by atoms with Gasteiger partial charge in [-0.1, -0.05) is 23.3 Å². The lowest BCUT2D eigenvalue weighted by molar-refractivity contribution is 0.561. The SMILES string of the molecule is CC(C)(C)[S+]([O-])/N=C(/CCC1CC1)c1cccc(C#N)n1. The van der Waals surface area contributed by atoms with Crippen molar-refractivity contribution in [1.82, 2.24) is 4.98 Å². The second-order valence-electron chi connectivity index (χ2n) is 6.40. The third-order valence-electron chi connectivity index (χ3n) is 3.36. The van der Waals surface area contributed by atoms with E-state index in [4.69, 9.17) is 5.26 Å². The highest BCUT2D eigenvalue weighted by Crippen LogP contribution is 2.34. The van der Waals surface area contributed by atoms with E-state index in [2.05, 4.69) is 9.38 Å². The van der Waals surface area contributed by atoms with Crippen LogP contribution in [-0.2, 0) is 11.4 Å². The van der Waals surface area contributed by atoms with Gasteiger partial charge in [0, 0.05) is 0 Å². The average molecular weight is 303 g/mol. The van der Waals surface area contributed by atoms with E-state index < -0.39 is 16.1 Å². The lowest BCUT2D eigenvalue weighted by Gasteiger charge is -2.19. The highest BCUT2D eigenvalue weighted by atomic mass is 32.2. The Morgan fingerprint density at radius 1 is 1.48 bits per heavy atom. The lowest BCUT2D eigenvalue weighted by Crippen LogP contribution is -2.27. The third-order valence-corrected chi connectivity index (χ3v) is 4.80. The van der Waals surface area contributed by atoms with Crippen molar-refractivity contribution >= 4 is 17.1 Å². The van der Waals surface area contributed by atoms with Crippen LogP contribution in [0.5, 0.6) is 0 Å². The Bertz CT molecular complexity index is 568. The lowest BCUT2D eigenvalue weighted by atomic mass is 10.1. The molecule has 1 saturated carbocycles. The van der Waals surface area contributed by atoms with Gasteiger partial charge in [0.2, 0.25) is 0 Å².